The van der Waals surface area contributed by atoms with Gasteiger partial charge in [-0.1, -0.05) is 50.6 Å². The Morgan fingerprint density at radius 3 is 2.61 bits per heavy atom. The number of aliphatic hydroxyl groups is 1. The predicted octanol–water partition coefficient (Wildman–Crippen LogP) is 2.16. The molecule has 0 saturated carbocycles. The van der Waals surface area contributed by atoms with E-state index in [0.717, 1.165) is 0 Å². The second kappa shape index (κ2) is 6.74. The number of fused-ring (bicyclic) bond motifs is 4. The highest BCUT2D eigenvalue weighted by atomic mass is 16.3. The largest absolute Gasteiger partial charge is 0.381 e. The number of hydrogen-bond donors (Lipinski definition) is 1. The number of rotatable bonds is 3. The Labute approximate surface area is 190 Å². The molecule has 3 aromatic rings. The topological polar surface area (TPSA) is 95.7 Å². The number of carbonyl (C=O) groups excluding carboxylic acids is 2. The van der Waals surface area contributed by atoms with E-state index in [9.17, 15) is 19.5 Å². The molecule has 2 saturated heterocycles. The van der Waals surface area contributed by atoms with Crippen LogP contribution in [0.3, 0.4) is 0 Å². The van der Waals surface area contributed by atoms with Gasteiger partial charge in [-0.05, 0) is 24.1 Å². The van der Waals surface area contributed by atoms with E-state index < -0.39 is 23.9 Å². The SMILES string of the molecule is CC[C@H](C)[C@@H]1C(=O)N2c3ccccc3[C@@]3(O)C[C@H](n4cnc5ccccc5c4=O)C(=O)N1[C@@H]23. The number of piperidine rings is 1. The minimum Gasteiger partial charge on any atom is -0.381 e. The minimum absolute atomic E-state index is 0.0130. The van der Waals surface area contributed by atoms with Crippen LogP contribution < -0.4 is 10.5 Å². The molecule has 0 spiro atoms. The van der Waals surface area contributed by atoms with Gasteiger partial charge in [-0.15, -0.1) is 0 Å². The first-order chi connectivity index (χ1) is 15.9. The van der Waals surface area contributed by atoms with E-state index in [1.807, 2.05) is 32.0 Å². The van der Waals surface area contributed by atoms with Crippen molar-refractivity contribution in [1.82, 2.24) is 14.5 Å². The fourth-order valence-electron chi connectivity index (χ4n) is 5.83. The second-order valence-electron chi connectivity index (χ2n) is 9.29. The molecule has 8 nitrogen and oxygen atoms in total. The first-order valence-electron chi connectivity index (χ1n) is 11.3. The summed E-state index contributed by atoms with van der Waals surface area (Å²) in [4.78, 5) is 48.4. The van der Waals surface area contributed by atoms with Crippen LogP contribution in [0, 0.1) is 5.92 Å². The normalized spacial score (nSPS) is 28.9. The average molecular weight is 444 g/mol. The van der Waals surface area contributed by atoms with E-state index in [4.69, 9.17) is 0 Å². The molecule has 0 unspecified atom stereocenters. The predicted molar refractivity (Wildman–Crippen MR) is 121 cm³/mol. The van der Waals surface area contributed by atoms with Crippen LogP contribution in [0.25, 0.3) is 10.9 Å². The molecule has 3 aliphatic rings. The molecule has 0 bridgehead atoms. The van der Waals surface area contributed by atoms with Gasteiger partial charge in [0, 0.05) is 12.0 Å². The highest BCUT2D eigenvalue weighted by Crippen LogP contribution is 2.56. The summed E-state index contributed by atoms with van der Waals surface area (Å²) in [6.45, 7) is 3.92. The molecule has 0 radical (unpaired) electrons. The molecular formula is C25H24N4O4. The van der Waals surface area contributed by atoms with Gasteiger partial charge in [0.25, 0.3) is 11.5 Å². The number of carbonyl (C=O) groups is 2. The van der Waals surface area contributed by atoms with Crippen LogP contribution in [0.2, 0.25) is 0 Å². The van der Waals surface area contributed by atoms with Crippen LogP contribution in [0.4, 0.5) is 5.69 Å². The zero-order valence-corrected chi connectivity index (χ0v) is 18.4. The van der Waals surface area contributed by atoms with Crippen LogP contribution >= 0.6 is 0 Å². The Kier molecular flexibility index (Phi) is 4.11. The minimum atomic E-state index is -1.49. The standard InChI is InChI=1S/C25H24N4O4/c1-3-14(2)20-23(32)28-18-11-7-5-9-16(18)25(33)12-19(22(31)29(20)24(25)28)27-13-26-17-10-6-4-8-15(17)21(27)30/h4-11,13-14,19-20,24,33H,3,12H2,1-2H3/t14-,19-,20+,24+,25-/m0/s1. The Balaban J connectivity index is 1.57. The summed E-state index contributed by atoms with van der Waals surface area (Å²) in [6, 6.07) is 12.6. The van der Waals surface area contributed by atoms with Crippen LogP contribution in [0.5, 0.6) is 0 Å². The third-order valence-corrected chi connectivity index (χ3v) is 7.61. The molecule has 5 atom stereocenters. The highest BCUT2D eigenvalue weighted by Gasteiger charge is 2.67. The number of para-hydroxylation sites is 2. The monoisotopic (exact) mass is 444 g/mol. The van der Waals surface area contributed by atoms with E-state index in [-0.39, 0.29) is 29.7 Å². The van der Waals surface area contributed by atoms with Crippen molar-refractivity contribution in [2.45, 2.75) is 50.5 Å². The number of benzene rings is 2. The van der Waals surface area contributed by atoms with Crippen LogP contribution in [-0.4, -0.2) is 43.6 Å². The Morgan fingerprint density at radius 1 is 1.09 bits per heavy atom. The summed E-state index contributed by atoms with van der Waals surface area (Å²) in [5.74, 6) is -0.623. The van der Waals surface area contributed by atoms with Crippen molar-refractivity contribution in [3.8, 4) is 0 Å². The van der Waals surface area contributed by atoms with Crippen LogP contribution in [-0.2, 0) is 15.2 Å². The average Bonchev–Trinajstić information content (AvgIpc) is 3.29. The maximum absolute atomic E-state index is 13.9. The summed E-state index contributed by atoms with van der Waals surface area (Å²) in [7, 11) is 0. The smallest absolute Gasteiger partial charge is 0.261 e. The first-order valence-corrected chi connectivity index (χ1v) is 11.3. The zero-order valence-electron chi connectivity index (χ0n) is 18.4. The quantitative estimate of drug-likeness (QED) is 0.668. The molecule has 1 N–H and O–H groups in total. The van der Waals surface area contributed by atoms with Crippen molar-refractivity contribution >= 4 is 28.4 Å². The molecule has 4 heterocycles. The number of nitrogens with zero attached hydrogens (tertiary/aromatic N) is 4. The number of amides is 2. The molecular weight excluding hydrogens is 420 g/mol. The fourth-order valence-corrected chi connectivity index (χ4v) is 5.83. The highest BCUT2D eigenvalue weighted by molar-refractivity contribution is 6.07. The molecule has 33 heavy (non-hydrogen) atoms. The fraction of sp³-hybridized carbons (Fsp3) is 0.360. The second-order valence-corrected chi connectivity index (χ2v) is 9.29. The van der Waals surface area contributed by atoms with Gasteiger partial charge in [0.05, 0.1) is 22.9 Å². The zero-order chi connectivity index (χ0) is 23.1. The lowest BCUT2D eigenvalue weighted by Gasteiger charge is -2.45. The third-order valence-electron chi connectivity index (χ3n) is 7.61. The van der Waals surface area contributed by atoms with Gasteiger partial charge in [-0.25, -0.2) is 4.98 Å². The number of aromatic nitrogens is 2. The molecule has 2 fully saturated rings. The Morgan fingerprint density at radius 2 is 1.82 bits per heavy atom. The van der Waals surface area contributed by atoms with E-state index in [0.29, 0.717) is 28.6 Å². The van der Waals surface area contributed by atoms with Gasteiger partial charge in [0.2, 0.25) is 5.91 Å². The van der Waals surface area contributed by atoms with Crippen molar-refractivity contribution < 1.29 is 14.7 Å². The van der Waals surface area contributed by atoms with E-state index in [2.05, 4.69) is 4.98 Å². The van der Waals surface area contributed by atoms with E-state index >= 15 is 0 Å². The van der Waals surface area contributed by atoms with Gasteiger partial charge in [0.15, 0.2) is 0 Å². The lowest BCUT2D eigenvalue weighted by Crippen LogP contribution is -2.62. The van der Waals surface area contributed by atoms with Crippen molar-refractivity contribution in [1.29, 1.82) is 0 Å². The van der Waals surface area contributed by atoms with Crippen LogP contribution in [0.1, 0.15) is 38.3 Å². The molecule has 0 aliphatic carbocycles. The number of anilines is 1. The van der Waals surface area contributed by atoms with E-state index in [1.165, 1.54) is 15.8 Å². The van der Waals surface area contributed by atoms with Crippen molar-refractivity contribution in [2.24, 2.45) is 5.92 Å². The third kappa shape index (κ3) is 2.44. The lowest BCUT2D eigenvalue weighted by atomic mass is 9.81. The first kappa shape index (κ1) is 20.1. The van der Waals surface area contributed by atoms with Crippen molar-refractivity contribution in [2.75, 3.05) is 4.90 Å². The lowest BCUT2D eigenvalue weighted by molar-refractivity contribution is -0.160. The van der Waals surface area contributed by atoms with Gasteiger partial charge in [-0.3, -0.25) is 23.9 Å². The van der Waals surface area contributed by atoms with E-state index in [1.54, 1.807) is 35.2 Å². The maximum atomic E-state index is 13.9. The molecule has 1 aromatic heterocycles. The molecule has 3 aliphatic heterocycles. The van der Waals surface area contributed by atoms with Gasteiger partial charge in [0.1, 0.15) is 23.9 Å². The van der Waals surface area contributed by atoms with Crippen LogP contribution in [0.15, 0.2) is 59.7 Å². The van der Waals surface area contributed by atoms with Gasteiger partial charge < -0.3 is 10.0 Å². The summed E-state index contributed by atoms with van der Waals surface area (Å²) in [6.07, 6.45) is 1.25. The summed E-state index contributed by atoms with van der Waals surface area (Å²) >= 11 is 0. The van der Waals surface area contributed by atoms with Gasteiger partial charge in [-0.2, -0.15) is 0 Å². The molecule has 2 aromatic carbocycles. The number of hydrogen-bond acceptors (Lipinski definition) is 5. The molecule has 8 heteroatoms. The summed E-state index contributed by atoms with van der Waals surface area (Å²) in [5.41, 5.74) is -0.0453. The molecule has 6 rings (SSSR count). The van der Waals surface area contributed by atoms with Crippen molar-refractivity contribution in [3.63, 3.8) is 0 Å². The summed E-state index contributed by atoms with van der Waals surface area (Å²) in [5, 5.41) is 12.5. The summed E-state index contributed by atoms with van der Waals surface area (Å²) < 4.78 is 1.32. The maximum Gasteiger partial charge on any atom is 0.261 e. The Hall–Kier alpha value is -3.52. The van der Waals surface area contributed by atoms with Gasteiger partial charge >= 0.3 is 0 Å². The molecule has 168 valence electrons. The molecule has 2 amide bonds. The van der Waals surface area contributed by atoms with Crippen molar-refractivity contribution in [3.05, 3.63) is 70.8 Å². The Bertz CT molecular complexity index is 1380.